The van der Waals surface area contributed by atoms with Crippen molar-refractivity contribution < 1.29 is 13.2 Å². The van der Waals surface area contributed by atoms with Crippen LogP contribution in [0.15, 0.2) is 59.1 Å². The Morgan fingerprint density at radius 2 is 1.79 bits per heavy atom. The number of halogens is 2. The number of alkyl halides is 2. The minimum absolute atomic E-state index is 0.0709. The van der Waals surface area contributed by atoms with Gasteiger partial charge in [-0.05, 0) is 42.7 Å². The second-order valence-corrected chi connectivity index (χ2v) is 8.30. The van der Waals surface area contributed by atoms with E-state index >= 15 is 0 Å². The van der Waals surface area contributed by atoms with Gasteiger partial charge in [-0.2, -0.15) is 8.78 Å². The van der Waals surface area contributed by atoms with E-state index in [9.17, 15) is 8.78 Å². The van der Waals surface area contributed by atoms with E-state index in [1.807, 2.05) is 30.5 Å². The highest BCUT2D eigenvalue weighted by atomic mass is 19.3. The Hall–Kier alpha value is -3.62. The molecule has 1 aliphatic carbocycles. The number of hydrogen-bond acceptors (Lipinski definition) is 6. The number of benzene rings is 2. The van der Waals surface area contributed by atoms with Gasteiger partial charge in [0, 0.05) is 22.9 Å². The summed E-state index contributed by atoms with van der Waals surface area (Å²) in [6.45, 7) is 0.527. The SMILES string of the molecule is FC(F)c1nnc(-c2ccc(Cn3cc(-c4cccc(NC5CCCCC5)c4)nn3)cc2)o1. The van der Waals surface area contributed by atoms with Crippen LogP contribution in [-0.2, 0) is 6.54 Å². The van der Waals surface area contributed by atoms with Gasteiger partial charge in [0.05, 0.1) is 12.7 Å². The summed E-state index contributed by atoms with van der Waals surface area (Å²) in [5.41, 5.74) is 4.50. The molecular formula is C24H24F2N6O. The number of nitrogens with zero attached hydrogens (tertiary/aromatic N) is 5. The largest absolute Gasteiger partial charge is 0.415 e. The minimum Gasteiger partial charge on any atom is -0.415 e. The van der Waals surface area contributed by atoms with E-state index in [2.05, 4.69) is 38.0 Å². The summed E-state index contributed by atoms with van der Waals surface area (Å²) in [5.74, 6) is -0.608. The summed E-state index contributed by atoms with van der Waals surface area (Å²) in [6.07, 6.45) is 5.49. The highest BCUT2D eigenvalue weighted by Gasteiger charge is 2.17. The average Bonchev–Trinajstić information content (AvgIpc) is 3.51. The zero-order valence-corrected chi connectivity index (χ0v) is 18.0. The van der Waals surface area contributed by atoms with E-state index in [0.29, 0.717) is 18.2 Å². The van der Waals surface area contributed by atoms with Crippen molar-refractivity contribution in [3.63, 3.8) is 0 Å². The van der Waals surface area contributed by atoms with Crippen LogP contribution in [0.2, 0.25) is 0 Å². The molecule has 0 atom stereocenters. The molecule has 0 amide bonds. The van der Waals surface area contributed by atoms with E-state index in [4.69, 9.17) is 4.42 Å². The fourth-order valence-corrected chi connectivity index (χ4v) is 4.14. The molecule has 0 aliphatic heterocycles. The Kier molecular flexibility index (Phi) is 6.10. The average molecular weight is 450 g/mol. The van der Waals surface area contributed by atoms with Crippen molar-refractivity contribution in [2.45, 2.75) is 51.1 Å². The molecule has 0 radical (unpaired) electrons. The normalized spacial score (nSPS) is 14.6. The van der Waals surface area contributed by atoms with Gasteiger partial charge in [-0.1, -0.05) is 48.7 Å². The van der Waals surface area contributed by atoms with Crippen LogP contribution < -0.4 is 5.32 Å². The van der Waals surface area contributed by atoms with Crippen molar-refractivity contribution in [2.24, 2.45) is 0 Å². The number of anilines is 1. The van der Waals surface area contributed by atoms with Crippen LogP contribution in [0.5, 0.6) is 0 Å². The Labute approximate surface area is 189 Å². The Balaban J connectivity index is 1.25. The summed E-state index contributed by atoms with van der Waals surface area (Å²) in [7, 11) is 0. The zero-order valence-electron chi connectivity index (χ0n) is 18.0. The van der Waals surface area contributed by atoms with Gasteiger partial charge in [-0.25, -0.2) is 4.68 Å². The van der Waals surface area contributed by atoms with E-state index in [1.54, 1.807) is 16.8 Å². The van der Waals surface area contributed by atoms with Crippen molar-refractivity contribution in [3.05, 3.63) is 66.2 Å². The Morgan fingerprint density at radius 1 is 0.970 bits per heavy atom. The standard InChI is InChI=1S/C24H24F2N6O/c25-22(26)24-30-29-23(33-24)17-11-9-16(10-12-17)14-32-15-21(28-31-32)18-5-4-8-20(13-18)27-19-6-2-1-3-7-19/h4-5,8-13,15,19,22,27H,1-3,6-7,14H2. The molecule has 2 aromatic heterocycles. The predicted molar refractivity (Wildman–Crippen MR) is 120 cm³/mol. The monoisotopic (exact) mass is 450 g/mol. The predicted octanol–water partition coefficient (Wildman–Crippen LogP) is 5.73. The number of aromatic nitrogens is 5. The molecule has 0 saturated heterocycles. The molecule has 1 fully saturated rings. The van der Waals surface area contributed by atoms with E-state index in [1.165, 1.54) is 32.1 Å². The van der Waals surface area contributed by atoms with Crippen molar-refractivity contribution in [1.29, 1.82) is 0 Å². The quantitative estimate of drug-likeness (QED) is 0.387. The van der Waals surface area contributed by atoms with Crippen molar-refractivity contribution in [2.75, 3.05) is 5.32 Å². The van der Waals surface area contributed by atoms with Crippen LogP contribution in [0.4, 0.5) is 14.5 Å². The minimum atomic E-state index is -2.78. The third kappa shape index (κ3) is 5.08. The van der Waals surface area contributed by atoms with Crippen molar-refractivity contribution in [3.8, 4) is 22.7 Å². The van der Waals surface area contributed by atoms with Gasteiger partial charge >= 0.3 is 6.43 Å². The number of nitrogens with one attached hydrogen (secondary N) is 1. The van der Waals surface area contributed by atoms with Crippen LogP contribution in [0.25, 0.3) is 22.7 Å². The maximum absolute atomic E-state index is 12.6. The molecule has 2 heterocycles. The molecule has 0 bridgehead atoms. The van der Waals surface area contributed by atoms with Gasteiger partial charge in [0.2, 0.25) is 5.89 Å². The van der Waals surface area contributed by atoms with Crippen LogP contribution >= 0.6 is 0 Å². The molecule has 33 heavy (non-hydrogen) atoms. The van der Waals surface area contributed by atoms with Crippen LogP contribution in [-0.4, -0.2) is 31.2 Å². The van der Waals surface area contributed by atoms with Gasteiger partial charge in [-0.3, -0.25) is 0 Å². The number of rotatable bonds is 7. The summed E-state index contributed by atoms with van der Waals surface area (Å²) >= 11 is 0. The van der Waals surface area contributed by atoms with E-state index < -0.39 is 12.3 Å². The van der Waals surface area contributed by atoms with Crippen molar-refractivity contribution in [1.82, 2.24) is 25.2 Å². The lowest BCUT2D eigenvalue weighted by atomic mass is 9.95. The molecule has 7 nitrogen and oxygen atoms in total. The first kappa shape index (κ1) is 21.2. The Bertz CT molecular complexity index is 1200. The molecule has 170 valence electrons. The Morgan fingerprint density at radius 3 is 2.55 bits per heavy atom. The maximum atomic E-state index is 12.6. The first-order valence-electron chi connectivity index (χ1n) is 11.1. The fourth-order valence-electron chi connectivity index (χ4n) is 4.14. The third-order valence-electron chi connectivity index (χ3n) is 5.85. The summed E-state index contributed by atoms with van der Waals surface area (Å²) < 4.78 is 32.0. The summed E-state index contributed by atoms with van der Waals surface area (Å²) in [4.78, 5) is 0. The lowest BCUT2D eigenvalue weighted by molar-refractivity contribution is 0.116. The molecule has 0 unspecified atom stereocenters. The number of hydrogen-bond donors (Lipinski definition) is 1. The van der Waals surface area contributed by atoms with Gasteiger partial charge < -0.3 is 9.73 Å². The van der Waals surface area contributed by atoms with E-state index in [0.717, 1.165) is 22.5 Å². The molecule has 1 aliphatic rings. The second kappa shape index (κ2) is 9.48. The first-order valence-corrected chi connectivity index (χ1v) is 11.1. The highest BCUT2D eigenvalue weighted by molar-refractivity contribution is 5.64. The van der Waals surface area contributed by atoms with Crippen molar-refractivity contribution >= 4 is 5.69 Å². The van der Waals surface area contributed by atoms with Gasteiger partial charge in [0.25, 0.3) is 5.89 Å². The molecule has 0 spiro atoms. The lowest BCUT2D eigenvalue weighted by Gasteiger charge is -2.24. The van der Waals surface area contributed by atoms with Crippen LogP contribution in [0.1, 0.15) is 50.0 Å². The zero-order chi connectivity index (χ0) is 22.6. The molecule has 1 saturated carbocycles. The van der Waals surface area contributed by atoms with Gasteiger partial charge in [-0.15, -0.1) is 15.3 Å². The molecule has 2 aromatic carbocycles. The van der Waals surface area contributed by atoms with Gasteiger partial charge in [0.1, 0.15) is 5.69 Å². The summed E-state index contributed by atoms with van der Waals surface area (Å²) in [6, 6.07) is 16.1. The maximum Gasteiger partial charge on any atom is 0.314 e. The third-order valence-corrected chi connectivity index (χ3v) is 5.85. The topological polar surface area (TPSA) is 81.7 Å². The molecular weight excluding hydrogens is 426 g/mol. The van der Waals surface area contributed by atoms with Crippen LogP contribution in [0, 0.1) is 0 Å². The van der Waals surface area contributed by atoms with Crippen LogP contribution in [0.3, 0.4) is 0 Å². The summed E-state index contributed by atoms with van der Waals surface area (Å²) in [5, 5.41) is 19.3. The highest BCUT2D eigenvalue weighted by Crippen LogP contribution is 2.26. The lowest BCUT2D eigenvalue weighted by Crippen LogP contribution is -2.22. The fraction of sp³-hybridized carbons (Fsp3) is 0.333. The molecule has 9 heteroatoms. The van der Waals surface area contributed by atoms with E-state index in [-0.39, 0.29) is 5.89 Å². The molecule has 1 N–H and O–H groups in total. The second-order valence-electron chi connectivity index (χ2n) is 8.30. The molecule has 5 rings (SSSR count). The smallest absolute Gasteiger partial charge is 0.314 e. The van der Waals surface area contributed by atoms with Gasteiger partial charge in [0.15, 0.2) is 0 Å². The molecule has 4 aromatic rings. The first-order chi connectivity index (χ1) is 16.1.